The van der Waals surface area contributed by atoms with Crippen LogP contribution < -0.4 is 0 Å². The summed E-state index contributed by atoms with van der Waals surface area (Å²) in [4.78, 5) is 25.4. The van der Waals surface area contributed by atoms with Gasteiger partial charge in [-0.25, -0.2) is 4.68 Å². The second-order valence-electron chi connectivity index (χ2n) is 4.36. The van der Waals surface area contributed by atoms with Gasteiger partial charge in [-0.1, -0.05) is 12.1 Å². The Labute approximate surface area is 108 Å². The van der Waals surface area contributed by atoms with Crippen LogP contribution in [0, 0.1) is 0 Å². The van der Waals surface area contributed by atoms with Crippen LogP contribution in [0.3, 0.4) is 0 Å². The first kappa shape index (κ1) is 11.5. The SMILES string of the molecule is Cn1nc(CN2C(=O)c3ccccc3C2=O)cc1O. The lowest BCUT2D eigenvalue weighted by Crippen LogP contribution is -2.29. The Morgan fingerprint density at radius 2 is 1.74 bits per heavy atom. The van der Waals surface area contributed by atoms with Crippen molar-refractivity contribution < 1.29 is 14.7 Å². The quantitative estimate of drug-likeness (QED) is 0.812. The number of hydrogen-bond donors (Lipinski definition) is 1. The topological polar surface area (TPSA) is 75.4 Å². The number of aromatic hydroxyl groups is 1. The number of amides is 2. The second kappa shape index (κ2) is 3.94. The van der Waals surface area contributed by atoms with Gasteiger partial charge in [-0.3, -0.25) is 14.5 Å². The zero-order valence-electron chi connectivity index (χ0n) is 10.2. The van der Waals surface area contributed by atoms with Crippen LogP contribution in [0.5, 0.6) is 5.88 Å². The summed E-state index contributed by atoms with van der Waals surface area (Å²) in [5, 5.41) is 13.5. The second-order valence-corrected chi connectivity index (χ2v) is 4.36. The summed E-state index contributed by atoms with van der Waals surface area (Å²) >= 11 is 0. The predicted molar refractivity (Wildman–Crippen MR) is 65.5 cm³/mol. The smallest absolute Gasteiger partial charge is 0.261 e. The number of benzene rings is 1. The molecule has 6 heteroatoms. The molecule has 0 fully saturated rings. The van der Waals surface area contributed by atoms with Crippen molar-refractivity contribution in [1.29, 1.82) is 0 Å². The third kappa shape index (κ3) is 1.69. The number of aryl methyl sites for hydroxylation is 1. The molecule has 96 valence electrons. The number of nitrogens with zero attached hydrogens (tertiary/aromatic N) is 3. The average molecular weight is 257 g/mol. The first-order valence-corrected chi connectivity index (χ1v) is 5.75. The van der Waals surface area contributed by atoms with Crippen LogP contribution in [0.1, 0.15) is 26.4 Å². The van der Waals surface area contributed by atoms with E-state index in [0.717, 1.165) is 4.90 Å². The molecular weight excluding hydrogens is 246 g/mol. The highest BCUT2D eigenvalue weighted by Gasteiger charge is 2.35. The molecule has 19 heavy (non-hydrogen) atoms. The van der Waals surface area contributed by atoms with Crippen molar-refractivity contribution in [3.8, 4) is 5.88 Å². The Morgan fingerprint density at radius 3 is 2.21 bits per heavy atom. The van der Waals surface area contributed by atoms with E-state index in [1.807, 2.05) is 0 Å². The van der Waals surface area contributed by atoms with Crippen LogP contribution in [-0.2, 0) is 13.6 Å². The van der Waals surface area contributed by atoms with E-state index in [9.17, 15) is 14.7 Å². The summed E-state index contributed by atoms with van der Waals surface area (Å²) in [6.07, 6.45) is 0. The minimum absolute atomic E-state index is 0.00777. The van der Waals surface area contributed by atoms with Crippen LogP contribution >= 0.6 is 0 Å². The molecule has 6 nitrogen and oxygen atoms in total. The van der Waals surface area contributed by atoms with Crippen LogP contribution in [-0.4, -0.2) is 31.6 Å². The maximum Gasteiger partial charge on any atom is 0.261 e. The van der Waals surface area contributed by atoms with Crippen molar-refractivity contribution >= 4 is 11.8 Å². The monoisotopic (exact) mass is 257 g/mol. The number of fused-ring (bicyclic) bond motifs is 1. The van der Waals surface area contributed by atoms with Crippen LogP contribution in [0.25, 0.3) is 0 Å². The maximum atomic E-state index is 12.1. The van der Waals surface area contributed by atoms with Gasteiger partial charge in [0.1, 0.15) is 0 Å². The first-order chi connectivity index (χ1) is 9.08. The Balaban J connectivity index is 1.92. The van der Waals surface area contributed by atoms with Gasteiger partial charge in [0.2, 0.25) is 5.88 Å². The summed E-state index contributed by atoms with van der Waals surface area (Å²) in [6.45, 7) is 0.0563. The average Bonchev–Trinajstić information content (AvgIpc) is 2.84. The molecule has 1 aliphatic rings. The highest BCUT2D eigenvalue weighted by atomic mass is 16.3. The lowest BCUT2D eigenvalue weighted by atomic mass is 10.1. The van der Waals surface area contributed by atoms with Gasteiger partial charge in [0.15, 0.2) is 0 Å². The van der Waals surface area contributed by atoms with E-state index in [0.29, 0.717) is 16.8 Å². The Morgan fingerprint density at radius 1 is 1.16 bits per heavy atom. The molecule has 1 N–H and O–H groups in total. The van der Waals surface area contributed by atoms with Crippen LogP contribution in [0.4, 0.5) is 0 Å². The van der Waals surface area contributed by atoms with Gasteiger partial charge >= 0.3 is 0 Å². The number of imide groups is 1. The molecule has 2 heterocycles. The highest BCUT2D eigenvalue weighted by Crippen LogP contribution is 2.24. The summed E-state index contributed by atoms with van der Waals surface area (Å²) in [5.74, 6) is -0.664. The van der Waals surface area contributed by atoms with Crippen molar-refractivity contribution in [3.05, 3.63) is 47.2 Å². The van der Waals surface area contributed by atoms with Crippen molar-refractivity contribution in [1.82, 2.24) is 14.7 Å². The van der Waals surface area contributed by atoms with Gasteiger partial charge in [0, 0.05) is 13.1 Å². The summed E-state index contributed by atoms with van der Waals surface area (Å²) in [6, 6.07) is 8.14. The van der Waals surface area contributed by atoms with Gasteiger partial charge in [-0.2, -0.15) is 5.10 Å². The van der Waals surface area contributed by atoms with Crippen molar-refractivity contribution in [2.45, 2.75) is 6.54 Å². The molecule has 0 atom stereocenters. The van der Waals surface area contributed by atoms with E-state index in [2.05, 4.69) is 5.10 Å². The molecule has 3 rings (SSSR count). The maximum absolute atomic E-state index is 12.1. The molecule has 0 spiro atoms. The molecule has 0 bridgehead atoms. The molecule has 0 aliphatic carbocycles. The zero-order valence-corrected chi connectivity index (χ0v) is 10.2. The van der Waals surface area contributed by atoms with E-state index in [4.69, 9.17) is 0 Å². The molecule has 0 unspecified atom stereocenters. The third-order valence-electron chi connectivity index (χ3n) is 3.10. The van der Waals surface area contributed by atoms with Gasteiger partial charge in [-0.15, -0.1) is 0 Å². The van der Waals surface area contributed by atoms with Gasteiger partial charge < -0.3 is 5.11 Å². The highest BCUT2D eigenvalue weighted by molar-refractivity contribution is 6.21. The summed E-state index contributed by atoms with van der Waals surface area (Å²) in [7, 11) is 1.58. The number of carbonyl (C=O) groups is 2. The van der Waals surface area contributed by atoms with E-state index in [1.54, 1.807) is 31.3 Å². The standard InChI is InChI=1S/C13H11N3O3/c1-15-11(17)6-8(14-15)7-16-12(18)9-4-2-3-5-10(9)13(16)19/h2-6,17H,7H2,1H3. The Bertz CT molecular complexity index is 636. The van der Waals surface area contributed by atoms with Gasteiger partial charge in [0.05, 0.1) is 23.4 Å². The molecule has 0 saturated carbocycles. The first-order valence-electron chi connectivity index (χ1n) is 5.75. The molecule has 0 radical (unpaired) electrons. The number of hydrogen-bond acceptors (Lipinski definition) is 4. The fourth-order valence-corrected chi connectivity index (χ4v) is 2.14. The molecular formula is C13H11N3O3. The fourth-order valence-electron chi connectivity index (χ4n) is 2.14. The van der Waals surface area contributed by atoms with Crippen molar-refractivity contribution in [2.75, 3.05) is 0 Å². The third-order valence-corrected chi connectivity index (χ3v) is 3.10. The minimum atomic E-state index is -0.328. The van der Waals surface area contributed by atoms with Crippen LogP contribution in [0.2, 0.25) is 0 Å². The normalized spacial score (nSPS) is 14.1. The van der Waals surface area contributed by atoms with E-state index >= 15 is 0 Å². The molecule has 2 amide bonds. The molecule has 0 saturated heterocycles. The summed E-state index contributed by atoms with van der Waals surface area (Å²) in [5.41, 5.74) is 1.29. The number of carbonyl (C=O) groups excluding carboxylic acids is 2. The van der Waals surface area contributed by atoms with Gasteiger partial charge in [0.25, 0.3) is 11.8 Å². The van der Waals surface area contributed by atoms with Gasteiger partial charge in [-0.05, 0) is 12.1 Å². The largest absolute Gasteiger partial charge is 0.493 e. The molecule has 1 aromatic carbocycles. The predicted octanol–water partition coefficient (Wildman–Crippen LogP) is 0.922. The lowest BCUT2D eigenvalue weighted by molar-refractivity contribution is 0.0640. The summed E-state index contributed by atoms with van der Waals surface area (Å²) < 4.78 is 1.29. The fraction of sp³-hybridized carbons (Fsp3) is 0.154. The molecule has 1 aliphatic heterocycles. The molecule has 2 aromatic rings. The van der Waals surface area contributed by atoms with E-state index in [1.165, 1.54) is 10.7 Å². The Kier molecular flexibility index (Phi) is 2.38. The lowest BCUT2D eigenvalue weighted by Gasteiger charge is -2.11. The minimum Gasteiger partial charge on any atom is -0.493 e. The number of aromatic nitrogens is 2. The van der Waals surface area contributed by atoms with Crippen LogP contribution in [0.15, 0.2) is 30.3 Å². The van der Waals surface area contributed by atoms with E-state index in [-0.39, 0.29) is 24.2 Å². The van der Waals surface area contributed by atoms with E-state index < -0.39 is 0 Å². The zero-order chi connectivity index (χ0) is 13.6. The number of rotatable bonds is 2. The Hall–Kier alpha value is -2.63. The van der Waals surface area contributed by atoms with Crippen molar-refractivity contribution in [2.24, 2.45) is 7.05 Å². The molecule has 1 aromatic heterocycles. The van der Waals surface area contributed by atoms with Crippen molar-refractivity contribution in [3.63, 3.8) is 0 Å².